The van der Waals surface area contributed by atoms with Crippen LogP contribution in [-0.4, -0.2) is 32.6 Å². The molecule has 0 spiro atoms. The minimum atomic E-state index is -0.661. The summed E-state index contributed by atoms with van der Waals surface area (Å²) in [5.74, 6) is 0.0123. The maximum absolute atomic E-state index is 12.7. The molecule has 2 rings (SSSR count). The smallest absolute Gasteiger partial charge is 0.342 e. The second-order valence-corrected chi connectivity index (χ2v) is 5.09. The van der Waals surface area contributed by atoms with E-state index < -0.39 is 11.8 Å². The number of methoxy groups -OCH3 is 2. The van der Waals surface area contributed by atoms with Crippen molar-refractivity contribution in [2.75, 3.05) is 20.8 Å². The van der Waals surface area contributed by atoms with Crippen LogP contribution in [0, 0.1) is 0 Å². The standard InChI is InChI=1S/C20H20O5/c1-4-25-20(22)16(19(21)15-8-6-5-7-9-15)12-14-10-11-17(23-2)18(13-14)24-3/h5-13H,4H2,1-3H3/b16-12-. The molecule has 0 radical (unpaired) electrons. The summed E-state index contributed by atoms with van der Waals surface area (Å²) in [5.41, 5.74) is 1.01. The van der Waals surface area contributed by atoms with E-state index in [-0.39, 0.29) is 12.2 Å². The molecule has 0 saturated carbocycles. The molecular formula is C20H20O5. The van der Waals surface area contributed by atoms with Crippen molar-refractivity contribution in [1.29, 1.82) is 0 Å². The summed E-state index contributed by atoms with van der Waals surface area (Å²) in [5, 5.41) is 0. The molecule has 2 aromatic carbocycles. The largest absolute Gasteiger partial charge is 0.493 e. The Labute approximate surface area is 146 Å². The van der Waals surface area contributed by atoms with Crippen molar-refractivity contribution in [3.63, 3.8) is 0 Å². The molecule has 0 heterocycles. The highest BCUT2D eigenvalue weighted by Crippen LogP contribution is 2.28. The number of Topliss-reactive ketones (excluding diaryl/α,β-unsaturated/α-hetero) is 1. The van der Waals surface area contributed by atoms with Gasteiger partial charge in [-0.1, -0.05) is 36.4 Å². The van der Waals surface area contributed by atoms with Crippen molar-refractivity contribution in [3.8, 4) is 11.5 Å². The molecule has 0 atom stereocenters. The number of benzene rings is 2. The van der Waals surface area contributed by atoms with Gasteiger partial charge in [-0.05, 0) is 30.7 Å². The molecule has 0 unspecified atom stereocenters. The molecule has 0 bridgehead atoms. The van der Waals surface area contributed by atoms with Gasteiger partial charge in [0.25, 0.3) is 0 Å². The van der Waals surface area contributed by atoms with Crippen LogP contribution in [0.5, 0.6) is 11.5 Å². The molecule has 0 aromatic heterocycles. The lowest BCUT2D eigenvalue weighted by Gasteiger charge is -2.09. The summed E-state index contributed by atoms with van der Waals surface area (Å²) in [4.78, 5) is 25.0. The third-order valence-corrected chi connectivity index (χ3v) is 3.49. The number of hydrogen-bond acceptors (Lipinski definition) is 5. The van der Waals surface area contributed by atoms with E-state index in [4.69, 9.17) is 14.2 Å². The number of esters is 1. The predicted molar refractivity (Wildman–Crippen MR) is 94.9 cm³/mol. The summed E-state index contributed by atoms with van der Waals surface area (Å²) < 4.78 is 15.5. The fourth-order valence-electron chi connectivity index (χ4n) is 2.28. The molecule has 0 amide bonds. The number of ketones is 1. The lowest BCUT2D eigenvalue weighted by molar-refractivity contribution is -0.137. The van der Waals surface area contributed by atoms with E-state index in [1.54, 1.807) is 55.5 Å². The summed E-state index contributed by atoms with van der Waals surface area (Å²) in [7, 11) is 3.06. The van der Waals surface area contributed by atoms with Gasteiger partial charge in [-0.15, -0.1) is 0 Å². The highest BCUT2D eigenvalue weighted by atomic mass is 16.5. The Hall–Kier alpha value is -3.08. The third-order valence-electron chi connectivity index (χ3n) is 3.49. The second-order valence-electron chi connectivity index (χ2n) is 5.09. The van der Waals surface area contributed by atoms with Gasteiger partial charge in [0.15, 0.2) is 17.3 Å². The zero-order valence-electron chi connectivity index (χ0n) is 14.4. The number of carbonyl (C=O) groups excluding carboxylic acids is 2. The fourth-order valence-corrected chi connectivity index (χ4v) is 2.28. The number of carbonyl (C=O) groups is 2. The zero-order chi connectivity index (χ0) is 18.2. The Morgan fingerprint density at radius 3 is 2.24 bits per heavy atom. The van der Waals surface area contributed by atoms with Crippen LogP contribution < -0.4 is 9.47 Å². The highest BCUT2D eigenvalue weighted by molar-refractivity contribution is 6.26. The average Bonchev–Trinajstić information content (AvgIpc) is 2.66. The molecule has 0 aliphatic carbocycles. The van der Waals surface area contributed by atoms with Crippen LogP contribution in [0.15, 0.2) is 54.1 Å². The molecule has 0 N–H and O–H groups in total. The molecule has 130 valence electrons. The fraction of sp³-hybridized carbons (Fsp3) is 0.200. The van der Waals surface area contributed by atoms with E-state index >= 15 is 0 Å². The summed E-state index contributed by atoms with van der Waals surface area (Å²) >= 11 is 0. The van der Waals surface area contributed by atoms with Gasteiger partial charge in [-0.25, -0.2) is 4.79 Å². The van der Waals surface area contributed by atoms with Crippen molar-refractivity contribution >= 4 is 17.8 Å². The average molecular weight is 340 g/mol. The minimum absolute atomic E-state index is 0.0414. The van der Waals surface area contributed by atoms with Gasteiger partial charge in [0, 0.05) is 5.56 Å². The SMILES string of the molecule is CCOC(=O)/C(=C\c1ccc(OC)c(OC)c1)C(=O)c1ccccc1. The van der Waals surface area contributed by atoms with Gasteiger partial charge in [0.2, 0.25) is 0 Å². The Morgan fingerprint density at radius 2 is 1.64 bits per heavy atom. The van der Waals surface area contributed by atoms with Crippen molar-refractivity contribution in [1.82, 2.24) is 0 Å². The first-order chi connectivity index (χ1) is 12.1. The molecule has 2 aromatic rings. The zero-order valence-corrected chi connectivity index (χ0v) is 14.4. The Balaban J connectivity index is 2.46. The van der Waals surface area contributed by atoms with E-state index in [0.29, 0.717) is 22.6 Å². The van der Waals surface area contributed by atoms with E-state index in [1.807, 2.05) is 0 Å². The topological polar surface area (TPSA) is 61.8 Å². The lowest BCUT2D eigenvalue weighted by Crippen LogP contribution is -2.16. The second kappa shape index (κ2) is 8.68. The van der Waals surface area contributed by atoms with Gasteiger partial charge < -0.3 is 14.2 Å². The van der Waals surface area contributed by atoms with Crippen LogP contribution in [-0.2, 0) is 9.53 Å². The summed E-state index contributed by atoms with van der Waals surface area (Å²) in [6.07, 6.45) is 1.50. The predicted octanol–water partition coefficient (Wildman–Crippen LogP) is 3.53. The first-order valence-corrected chi connectivity index (χ1v) is 7.81. The van der Waals surface area contributed by atoms with Crippen molar-refractivity contribution < 1.29 is 23.8 Å². The lowest BCUT2D eigenvalue weighted by atomic mass is 10.0. The molecule has 0 saturated heterocycles. The van der Waals surface area contributed by atoms with Crippen LogP contribution in [0.1, 0.15) is 22.8 Å². The quantitative estimate of drug-likeness (QED) is 0.254. The van der Waals surface area contributed by atoms with E-state index in [0.717, 1.165) is 0 Å². The number of ether oxygens (including phenoxy) is 3. The van der Waals surface area contributed by atoms with Crippen molar-refractivity contribution in [2.45, 2.75) is 6.92 Å². The monoisotopic (exact) mass is 340 g/mol. The van der Waals surface area contributed by atoms with E-state index in [2.05, 4.69) is 0 Å². The Morgan fingerprint density at radius 1 is 0.960 bits per heavy atom. The summed E-state index contributed by atoms with van der Waals surface area (Å²) in [6, 6.07) is 13.7. The van der Waals surface area contributed by atoms with Gasteiger partial charge in [0.1, 0.15) is 5.57 Å². The van der Waals surface area contributed by atoms with Crippen LogP contribution in [0.25, 0.3) is 6.08 Å². The normalized spacial score (nSPS) is 10.9. The molecule has 25 heavy (non-hydrogen) atoms. The van der Waals surface area contributed by atoms with E-state index in [1.165, 1.54) is 20.3 Å². The number of hydrogen-bond donors (Lipinski definition) is 0. The van der Waals surface area contributed by atoms with Gasteiger partial charge >= 0.3 is 5.97 Å². The van der Waals surface area contributed by atoms with Gasteiger partial charge in [-0.2, -0.15) is 0 Å². The molecule has 5 heteroatoms. The summed E-state index contributed by atoms with van der Waals surface area (Å²) in [6.45, 7) is 1.88. The molecule has 0 aliphatic heterocycles. The van der Waals surface area contributed by atoms with Crippen LogP contribution >= 0.6 is 0 Å². The number of rotatable bonds is 7. The maximum Gasteiger partial charge on any atom is 0.342 e. The molecular weight excluding hydrogens is 320 g/mol. The first kappa shape index (κ1) is 18.3. The van der Waals surface area contributed by atoms with Crippen LogP contribution in [0.3, 0.4) is 0 Å². The minimum Gasteiger partial charge on any atom is -0.493 e. The van der Waals surface area contributed by atoms with Gasteiger partial charge in [0.05, 0.1) is 20.8 Å². The molecule has 0 fully saturated rings. The van der Waals surface area contributed by atoms with Crippen LogP contribution in [0.2, 0.25) is 0 Å². The van der Waals surface area contributed by atoms with E-state index in [9.17, 15) is 9.59 Å². The maximum atomic E-state index is 12.7. The van der Waals surface area contributed by atoms with Crippen LogP contribution in [0.4, 0.5) is 0 Å². The Bertz CT molecular complexity index is 778. The third kappa shape index (κ3) is 4.47. The highest BCUT2D eigenvalue weighted by Gasteiger charge is 2.21. The molecule has 0 aliphatic rings. The van der Waals surface area contributed by atoms with Crippen molar-refractivity contribution in [3.05, 3.63) is 65.2 Å². The van der Waals surface area contributed by atoms with Crippen molar-refractivity contribution in [2.24, 2.45) is 0 Å². The molecule has 5 nitrogen and oxygen atoms in total. The first-order valence-electron chi connectivity index (χ1n) is 7.81. The van der Waals surface area contributed by atoms with Gasteiger partial charge in [-0.3, -0.25) is 4.79 Å². The Kier molecular flexibility index (Phi) is 6.34.